The molecule has 2 aliphatic heterocycles. The molecule has 2 aromatic rings. The molecule has 0 amide bonds. The maximum Gasteiger partial charge on any atom is 0.155 e. The fraction of sp³-hybridized carbons (Fsp3) is 0.476. The Morgan fingerprint density at radius 1 is 1.07 bits per heavy atom. The van der Waals surface area contributed by atoms with Crippen molar-refractivity contribution in [3.8, 4) is 17.0 Å². The fourth-order valence-corrected chi connectivity index (χ4v) is 4.08. The van der Waals surface area contributed by atoms with E-state index < -0.39 is 0 Å². The van der Waals surface area contributed by atoms with Gasteiger partial charge in [-0.2, -0.15) is 5.10 Å². The van der Waals surface area contributed by atoms with Crippen LogP contribution in [0.5, 0.6) is 5.75 Å². The van der Waals surface area contributed by atoms with Crippen molar-refractivity contribution in [2.45, 2.75) is 6.92 Å². The molecule has 1 atom stereocenters. The van der Waals surface area contributed by atoms with Crippen LogP contribution < -0.4 is 9.64 Å². The van der Waals surface area contributed by atoms with Gasteiger partial charge in [-0.25, -0.2) is 4.98 Å². The Hall–Kier alpha value is -2.67. The van der Waals surface area contributed by atoms with Crippen LogP contribution in [0.15, 0.2) is 41.8 Å². The second-order valence-electron chi connectivity index (χ2n) is 7.50. The van der Waals surface area contributed by atoms with Crippen molar-refractivity contribution in [2.75, 3.05) is 58.3 Å². The average Bonchev–Trinajstić information content (AvgIpc) is 3.05. The van der Waals surface area contributed by atoms with Crippen LogP contribution in [-0.2, 0) is 0 Å². The van der Waals surface area contributed by atoms with E-state index in [-0.39, 0.29) is 0 Å². The number of para-hydroxylation sites is 1. The zero-order chi connectivity index (χ0) is 19.5. The van der Waals surface area contributed by atoms with Crippen molar-refractivity contribution >= 4 is 11.5 Å². The van der Waals surface area contributed by atoms with Crippen LogP contribution in [0.25, 0.3) is 11.3 Å². The molecule has 4 rings (SSSR count). The minimum absolute atomic E-state index is 0.539. The predicted molar refractivity (Wildman–Crippen MR) is 112 cm³/mol. The molecular formula is C21H28N6O. The molecule has 0 N–H and O–H groups in total. The highest BCUT2D eigenvalue weighted by molar-refractivity contribution is 5.85. The summed E-state index contributed by atoms with van der Waals surface area (Å²) in [5.41, 5.74) is 3.11. The summed E-state index contributed by atoms with van der Waals surface area (Å²) >= 11 is 0. The van der Waals surface area contributed by atoms with Gasteiger partial charge in [0, 0.05) is 75.9 Å². The summed E-state index contributed by atoms with van der Waals surface area (Å²) in [6.45, 7) is 8.18. The van der Waals surface area contributed by atoms with Crippen molar-refractivity contribution in [2.24, 2.45) is 11.0 Å². The first-order valence-electron chi connectivity index (χ1n) is 9.83. The van der Waals surface area contributed by atoms with Gasteiger partial charge in [0.25, 0.3) is 0 Å². The molecule has 7 heteroatoms. The number of ether oxygens (including phenoxy) is 1. The second kappa shape index (κ2) is 8.14. The number of aromatic nitrogens is 2. The first kappa shape index (κ1) is 18.7. The third-order valence-electron chi connectivity index (χ3n) is 5.60. The molecule has 0 radical (unpaired) electrons. The van der Waals surface area contributed by atoms with Crippen LogP contribution in [-0.4, -0.2) is 79.0 Å². The third-order valence-corrected chi connectivity index (χ3v) is 5.60. The Balaban J connectivity index is 1.46. The average molecular weight is 380 g/mol. The van der Waals surface area contributed by atoms with Crippen LogP contribution in [0.2, 0.25) is 0 Å². The molecule has 0 bridgehead atoms. The van der Waals surface area contributed by atoms with Gasteiger partial charge in [0.05, 0.1) is 7.11 Å². The summed E-state index contributed by atoms with van der Waals surface area (Å²) in [4.78, 5) is 14.2. The summed E-state index contributed by atoms with van der Waals surface area (Å²) in [6.07, 6.45) is 3.52. The number of benzene rings is 1. The molecule has 7 nitrogen and oxygen atoms in total. The van der Waals surface area contributed by atoms with Crippen molar-refractivity contribution in [3.05, 3.63) is 36.7 Å². The van der Waals surface area contributed by atoms with E-state index in [0.29, 0.717) is 5.92 Å². The van der Waals surface area contributed by atoms with Crippen LogP contribution in [0.4, 0.5) is 5.82 Å². The Morgan fingerprint density at radius 2 is 1.82 bits per heavy atom. The molecular weight excluding hydrogens is 352 g/mol. The highest BCUT2D eigenvalue weighted by Gasteiger charge is 2.27. The lowest BCUT2D eigenvalue weighted by atomic mass is 10.0. The van der Waals surface area contributed by atoms with E-state index in [1.807, 2.05) is 24.3 Å². The van der Waals surface area contributed by atoms with Crippen LogP contribution in [0.3, 0.4) is 0 Å². The zero-order valence-corrected chi connectivity index (χ0v) is 16.9. The van der Waals surface area contributed by atoms with Gasteiger partial charge < -0.3 is 9.64 Å². The van der Waals surface area contributed by atoms with E-state index >= 15 is 0 Å². The maximum atomic E-state index is 5.54. The molecule has 148 valence electrons. The monoisotopic (exact) mass is 380 g/mol. The summed E-state index contributed by atoms with van der Waals surface area (Å²) < 4.78 is 5.54. The molecule has 1 aromatic heterocycles. The molecule has 1 fully saturated rings. The van der Waals surface area contributed by atoms with E-state index in [4.69, 9.17) is 4.74 Å². The largest absolute Gasteiger partial charge is 0.496 e. The van der Waals surface area contributed by atoms with Gasteiger partial charge in [-0.05, 0) is 19.1 Å². The number of nitrogens with zero attached hydrogens (tertiary/aromatic N) is 6. The van der Waals surface area contributed by atoms with Crippen molar-refractivity contribution in [1.82, 2.24) is 19.9 Å². The van der Waals surface area contributed by atoms with Gasteiger partial charge in [0.2, 0.25) is 0 Å². The number of hydrazone groups is 1. The van der Waals surface area contributed by atoms with Gasteiger partial charge in [-0.15, -0.1) is 0 Å². The lowest BCUT2D eigenvalue weighted by molar-refractivity contribution is 0.226. The predicted octanol–water partition coefficient (Wildman–Crippen LogP) is 2.21. The topological polar surface area (TPSA) is 57.1 Å². The fourth-order valence-electron chi connectivity index (χ4n) is 4.08. The van der Waals surface area contributed by atoms with Crippen LogP contribution >= 0.6 is 0 Å². The lowest BCUT2D eigenvalue weighted by Gasteiger charge is -2.37. The van der Waals surface area contributed by atoms with Crippen molar-refractivity contribution in [3.63, 3.8) is 0 Å². The maximum absolute atomic E-state index is 5.54. The quantitative estimate of drug-likeness (QED) is 0.793. The van der Waals surface area contributed by atoms with E-state index in [9.17, 15) is 0 Å². The molecule has 0 saturated carbocycles. The van der Waals surface area contributed by atoms with Gasteiger partial charge in [-0.3, -0.25) is 14.9 Å². The summed E-state index contributed by atoms with van der Waals surface area (Å²) in [5.74, 6) is 2.30. The summed E-state index contributed by atoms with van der Waals surface area (Å²) in [6, 6.07) is 8.00. The number of hydrogen-bond donors (Lipinski definition) is 0. The van der Waals surface area contributed by atoms with E-state index in [1.165, 1.54) is 5.71 Å². The molecule has 1 aromatic carbocycles. The Morgan fingerprint density at radius 3 is 2.54 bits per heavy atom. The molecule has 3 heterocycles. The lowest BCUT2D eigenvalue weighted by Crippen LogP contribution is -2.49. The Labute approximate surface area is 166 Å². The van der Waals surface area contributed by atoms with Gasteiger partial charge in [0.1, 0.15) is 11.4 Å². The SMILES string of the molecule is COc1ccccc1-c1nccnc1N1CCN(CC2CN(C)N=C2C)CC1. The molecule has 1 unspecified atom stereocenters. The molecule has 0 aliphatic carbocycles. The van der Waals surface area contributed by atoms with Crippen molar-refractivity contribution < 1.29 is 4.74 Å². The number of hydrogen-bond acceptors (Lipinski definition) is 7. The van der Waals surface area contributed by atoms with E-state index in [2.05, 4.69) is 43.8 Å². The molecule has 28 heavy (non-hydrogen) atoms. The summed E-state index contributed by atoms with van der Waals surface area (Å²) in [5, 5.41) is 6.59. The number of rotatable bonds is 5. The first-order valence-corrected chi connectivity index (χ1v) is 9.83. The minimum Gasteiger partial charge on any atom is -0.496 e. The van der Waals surface area contributed by atoms with Gasteiger partial charge in [0.15, 0.2) is 5.82 Å². The Bertz CT molecular complexity index is 846. The number of piperazine rings is 1. The van der Waals surface area contributed by atoms with Crippen molar-refractivity contribution in [1.29, 1.82) is 0 Å². The highest BCUT2D eigenvalue weighted by atomic mass is 16.5. The molecule has 1 saturated heterocycles. The number of anilines is 1. The van der Waals surface area contributed by atoms with E-state index in [0.717, 1.165) is 62.1 Å². The molecule has 0 spiro atoms. The van der Waals surface area contributed by atoms with Crippen LogP contribution in [0, 0.1) is 5.92 Å². The normalized spacial score (nSPS) is 20.4. The standard InChI is InChI=1S/C21H28N6O/c1-16-17(14-25(2)24-16)15-26-10-12-27(13-11-26)21-20(22-8-9-23-21)18-6-4-5-7-19(18)28-3/h4-9,17H,10-15H2,1-3H3. The number of methoxy groups -OCH3 is 1. The first-order chi connectivity index (χ1) is 13.7. The second-order valence-corrected chi connectivity index (χ2v) is 7.50. The van der Waals surface area contributed by atoms with E-state index in [1.54, 1.807) is 19.5 Å². The highest BCUT2D eigenvalue weighted by Crippen LogP contribution is 2.33. The minimum atomic E-state index is 0.539. The molecule has 2 aliphatic rings. The third kappa shape index (κ3) is 3.80. The zero-order valence-electron chi connectivity index (χ0n) is 16.9. The van der Waals surface area contributed by atoms with Crippen LogP contribution in [0.1, 0.15) is 6.92 Å². The van der Waals surface area contributed by atoms with Gasteiger partial charge in [-0.1, -0.05) is 12.1 Å². The Kier molecular flexibility index (Phi) is 5.43. The van der Waals surface area contributed by atoms with Gasteiger partial charge >= 0.3 is 0 Å². The smallest absolute Gasteiger partial charge is 0.155 e. The summed E-state index contributed by atoms with van der Waals surface area (Å²) in [7, 11) is 3.74.